The lowest BCUT2D eigenvalue weighted by molar-refractivity contribution is -0.350. The number of aliphatic hydroxyl groups excluding tert-OH is 11. The maximum absolute atomic E-state index is 12.4. The van der Waals surface area contributed by atoms with Crippen LogP contribution < -0.4 is 0 Å². The lowest BCUT2D eigenvalue weighted by atomic mass is 9.34. The number of aliphatic hydroxyl groups is 11. The number of rotatable bonds is 11. The first kappa shape index (κ1) is 45.7. The second-order valence-corrected chi connectivity index (χ2v) is 20.1. The van der Waals surface area contributed by atoms with Crippen LogP contribution in [0.3, 0.4) is 0 Å². The van der Waals surface area contributed by atoms with Crippen LogP contribution in [-0.4, -0.2) is 161 Å². The Bertz CT molecular complexity index is 1430. The van der Waals surface area contributed by atoms with Crippen molar-refractivity contribution in [1.29, 1.82) is 0 Å². The Morgan fingerprint density at radius 1 is 0.719 bits per heavy atom. The third-order valence-electron chi connectivity index (χ3n) is 17.0. The molecule has 2 aliphatic heterocycles. The van der Waals surface area contributed by atoms with E-state index >= 15 is 0 Å². The minimum atomic E-state index is -1.73. The van der Waals surface area contributed by atoms with Crippen LogP contribution in [0.2, 0.25) is 0 Å². The second kappa shape index (κ2) is 16.4. The monoisotopic (exact) mass is 816 g/mol. The summed E-state index contributed by atoms with van der Waals surface area (Å²) in [6.07, 6.45) is -11.0. The highest BCUT2D eigenvalue weighted by Gasteiger charge is 2.73. The van der Waals surface area contributed by atoms with Crippen molar-refractivity contribution < 1.29 is 75.1 Å². The van der Waals surface area contributed by atoms with Gasteiger partial charge in [-0.1, -0.05) is 46.3 Å². The highest BCUT2D eigenvalue weighted by molar-refractivity contribution is 5.21. The zero-order valence-corrected chi connectivity index (χ0v) is 34.7. The molecule has 0 unspecified atom stereocenters. The Balaban J connectivity index is 1.27. The van der Waals surface area contributed by atoms with Crippen molar-refractivity contribution in [2.45, 2.75) is 185 Å². The first-order valence-electron chi connectivity index (χ1n) is 21.1. The van der Waals surface area contributed by atoms with Crippen LogP contribution in [0.1, 0.15) is 99.8 Å². The third-order valence-corrected chi connectivity index (χ3v) is 17.0. The Hall–Kier alpha value is -0.860. The van der Waals surface area contributed by atoms with Crippen molar-refractivity contribution >= 4 is 0 Å². The second-order valence-electron chi connectivity index (χ2n) is 20.1. The summed E-state index contributed by atoms with van der Waals surface area (Å²) in [6.45, 7) is 13.4. The van der Waals surface area contributed by atoms with Crippen molar-refractivity contribution in [3.8, 4) is 0 Å². The zero-order valence-electron chi connectivity index (χ0n) is 34.7. The van der Waals surface area contributed by atoms with E-state index in [1.54, 1.807) is 0 Å². The lowest BCUT2D eigenvalue weighted by Crippen LogP contribution is -2.70. The van der Waals surface area contributed by atoms with Gasteiger partial charge >= 0.3 is 0 Å². The summed E-state index contributed by atoms with van der Waals surface area (Å²) in [4.78, 5) is 0. The van der Waals surface area contributed by atoms with E-state index in [1.165, 1.54) is 0 Å². The van der Waals surface area contributed by atoms with Gasteiger partial charge in [0.15, 0.2) is 12.6 Å². The fourth-order valence-corrected chi connectivity index (χ4v) is 13.2. The molecule has 2 saturated heterocycles. The van der Waals surface area contributed by atoms with Crippen LogP contribution in [0, 0.1) is 45.3 Å². The molecule has 15 nitrogen and oxygen atoms in total. The standard InChI is InChI=1S/C42H72O15/c1-20(17-43)9-8-12-41(6,57-37-35(53)33(51)31(49)24(56-37)19-54-36-34(52)32(50)30(48)23(18-44)55-36)21-10-13-40(5)29(21)22(45)15-26-39(40,4)14-11-25-38(2,3)27(46)16-28(47)42(25,26)7/h9,21-37,43-53H,8,10-19H2,1-7H3/b20-9+/t21-,22-,23+,24-,25+,26-,27-,28-,29-,30+,31+,32+,33-,34+,35-,36-,37+,39-,40-,41-,42-/m0/s1. The summed E-state index contributed by atoms with van der Waals surface area (Å²) >= 11 is 0. The van der Waals surface area contributed by atoms with Crippen molar-refractivity contribution in [3.05, 3.63) is 11.6 Å². The normalized spacial score (nSPS) is 52.4. The van der Waals surface area contributed by atoms with Gasteiger partial charge < -0.3 is 75.1 Å². The minimum absolute atomic E-state index is 0.0209. The Labute approximate surface area is 336 Å². The summed E-state index contributed by atoms with van der Waals surface area (Å²) in [6, 6.07) is 0. The number of fused-ring (bicyclic) bond motifs is 5. The molecule has 330 valence electrons. The maximum atomic E-state index is 12.4. The highest BCUT2D eigenvalue weighted by Crippen LogP contribution is 2.76. The Morgan fingerprint density at radius 2 is 1.32 bits per heavy atom. The molecule has 15 heteroatoms. The van der Waals surface area contributed by atoms with Crippen LogP contribution in [0.15, 0.2) is 11.6 Å². The smallest absolute Gasteiger partial charge is 0.187 e. The van der Waals surface area contributed by atoms with E-state index in [2.05, 4.69) is 34.6 Å². The lowest BCUT2D eigenvalue weighted by Gasteiger charge is -2.71. The van der Waals surface area contributed by atoms with Gasteiger partial charge in [-0.3, -0.25) is 0 Å². The highest BCUT2D eigenvalue weighted by atomic mass is 16.7. The van der Waals surface area contributed by atoms with E-state index in [0.29, 0.717) is 25.7 Å². The molecule has 0 bridgehead atoms. The molecule has 0 aromatic heterocycles. The van der Waals surface area contributed by atoms with Gasteiger partial charge in [-0.05, 0) is 98.7 Å². The molecule has 6 rings (SSSR count). The molecule has 0 aromatic rings. The summed E-state index contributed by atoms with van der Waals surface area (Å²) in [7, 11) is 0. The molecular formula is C42H72O15. The summed E-state index contributed by atoms with van der Waals surface area (Å²) in [5, 5.41) is 119. The van der Waals surface area contributed by atoms with Gasteiger partial charge in [0.1, 0.15) is 48.8 Å². The molecule has 57 heavy (non-hydrogen) atoms. The van der Waals surface area contributed by atoms with Crippen LogP contribution in [0.25, 0.3) is 0 Å². The van der Waals surface area contributed by atoms with Crippen molar-refractivity contribution in [1.82, 2.24) is 0 Å². The van der Waals surface area contributed by atoms with Gasteiger partial charge in [-0.25, -0.2) is 0 Å². The van der Waals surface area contributed by atoms with Gasteiger partial charge in [-0.2, -0.15) is 0 Å². The van der Waals surface area contributed by atoms with Gasteiger partial charge in [0, 0.05) is 11.8 Å². The third kappa shape index (κ3) is 7.39. The number of ether oxygens (including phenoxy) is 4. The molecule has 0 spiro atoms. The molecule has 6 aliphatic rings. The van der Waals surface area contributed by atoms with Crippen molar-refractivity contribution in [2.75, 3.05) is 19.8 Å². The minimum Gasteiger partial charge on any atom is -0.394 e. The zero-order chi connectivity index (χ0) is 42.2. The molecule has 11 N–H and O–H groups in total. The molecule has 6 fully saturated rings. The van der Waals surface area contributed by atoms with E-state index in [1.807, 2.05) is 19.9 Å². The van der Waals surface area contributed by atoms with Gasteiger partial charge in [-0.15, -0.1) is 0 Å². The van der Waals surface area contributed by atoms with E-state index in [-0.39, 0.29) is 47.5 Å². The average Bonchev–Trinajstić information content (AvgIpc) is 3.55. The molecule has 2 heterocycles. The quantitative estimate of drug-likeness (QED) is 0.124. The number of hydrogen-bond donors (Lipinski definition) is 11. The van der Waals surface area contributed by atoms with Gasteiger partial charge in [0.05, 0.1) is 43.7 Å². The van der Waals surface area contributed by atoms with E-state index in [9.17, 15) is 56.2 Å². The molecule has 0 amide bonds. The predicted molar refractivity (Wildman–Crippen MR) is 204 cm³/mol. The number of allylic oxidation sites excluding steroid dienone is 1. The molecule has 21 atom stereocenters. The average molecular weight is 817 g/mol. The molecule has 4 saturated carbocycles. The first-order chi connectivity index (χ1) is 26.5. The molecule has 0 aromatic carbocycles. The fraction of sp³-hybridized carbons (Fsp3) is 0.952. The predicted octanol–water partition coefficient (Wildman–Crippen LogP) is 0.0922. The largest absolute Gasteiger partial charge is 0.394 e. The van der Waals surface area contributed by atoms with E-state index < -0.39 is 109 Å². The van der Waals surface area contributed by atoms with Crippen molar-refractivity contribution in [3.63, 3.8) is 0 Å². The summed E-state index contributed by atoms with van der Waals surface area (Å²) < 4.78 is 24.1. The fourth-order valence-electron chi connectivity index (χ4n) is 13.2. The van der Waals surface area contributed by atoms with Crippen LogP contribution in [-0.2, 0) is 18.9 Å². The summed E-state index contributed by atoms with van der Waals surface area (Å²) in [5.41, 5.74) is -1.91. The number of hydrogen-bond acceptors (Lipinski definition) is 15. The van der Waals surface area contributed by atoms with Gasteiger partial charge in [0.2, 0.25) is 0 Å². The molecule has 0 radical (unpaired) electrons. The topological polar surface area (TPSA) is 259 Å². The van der Waals surface area contributed by atoms with Crippen LogP contribution >= 0.6 is 0 Å². The maximum Gasteiger partial charge on any atom is 0.187 e. The van der Waals surface area contributed by atoms with E-state index in [4.69, 9.17) is 18.9 Å². The Morgan fingerprint density at radius 3 is 1.95 bits per heavy atom. The Kier molecular flexibility index (Phi) is 13.2. The van der Waals surface area contributed by atoms with E-state index in [0.717, 1.165) is 24.8 Å². The van der Waals surface area contributed by atoms with Crippen LogP contribution in [0.5, 0.6) is 0 Å². The first-order valence-corrected chi connectivity index (χ1v) is 21.1. The molecular weight excluding hydrogens is 744 g/mol. The SMILES string of the molecule is C/C(=C\CC[C@](C)(O[C@H]1O[C@@H](CO[C@H]2O[C@H](CO)[C@@H](O)[C@@H](O)[C@H]2O)[C@@H](O)[C@H](O)[C@@H]1O)[C@H]1CC[C@@]2(C)[C@@H]1[C@@H](O)C[C@@H]1[C@]3(C)[C@H](CC[C@@]12C)C(C)(C)[C@@H](O)C[C@@H]3O)CO. The van der Waals surface area contributed by atoms with Crippen molar-refractivity contribution in [2.24, 2.45) is 45.3 Å². The van der Waals surface area contributed by atoms with Gasteiger partial charge in [0.25, 0.3) is 0 Å². The summed E-state index contributed by atoms with van der Waals surface area (Å²) in [5.74, 6) is -0.479. The molecule has 4 aliphatic carbocycles. The van der Waals surface area contributed by atoms with Crippen LogP contribution in [0.4, 0.5) is 0 Å².